The molecule has 0 fully saturated rings. The Morgan fingerprint density at radius 2 is 1.51 bits per heavy atom. The summed E-state index contributed by atoms with van der Waals surface area (Å²) in [5.74, 6) is 1.34. The lowest BCUT2D eigenvalue weighted by Crippen LogP contribution is -2.32. The average molecular weight is 644 g/mol. The first-order valence-electron chi connectivity index (χ1n) is 16.6. The number of para-hydroxylation sites is 1. The molecule has 6 rings (SSSR count). The lowest BCUT2D eigenvalue weighted by molar-refractivity contribution is 0.0941. The maximum Gasteiger partial charge on any atom is 0.252 e. The van der Waals surface area contributed by atoms with Crippen molar-refractivity contribution in [3.05, 3.63) is 136 Å². The van der Waals surface area contributed by atoms with Gasteiger partial charge >= 0.3 is 0 Å². The number of unbranched alkanes of at least 4 members (excludes halogenated alkanes) is 2. The fourth-order valence-corrected chi connectivity index (χ4v) is 6.41. The van der Waals surface area contributed by atoms with Gasteiger partial charge in [-0.3, -0.25) is 4.79 Å². The predicted molar refractivity (Wildman–Crippen MR) is 196 cm³/mol. The first kappa shape index (κ1) is 32.2. The van der Waals surface area contributed by atoms with E-state index in [2.05, 4.69) is 71.8 Å². The van der Waals surface area contributed by atoms with Crippen LogP contribution >= 0.6 is 11.6 Å². The van der Waals surface area contributed by atoms with Gasteiger partial charge in [0.2, 0.25) is 0 Å². The van der Waals surface area contributed by atoms with Crippen molar-refractivity contribution < 1.29 is 9.53 Å². The van der Waals surface area contributed by atoms with Crippen molar-refractivity contribution in [3.63, 3.8) is 0 Å². The van der Waals surface area contributed by atoms with Gasteiger partial charge in [0.25, 0.3) is 5.91 Å². The second-order valence-electron chi connectivity index (χ2n) is 12.1. The van der Waals surface area contributed by atoms with Crippen LogP contribution < -0.4 is 20.3 Å². The number of ether oxygens (including phenoxy) is 1. The summed E-state index contributed by atoms with van der Waals surface area (Å²) in [6, 6.07) is 35.8. The van der Waals surface area contributed by atoms with Gasteiger partial charge in [0.05, 0.1) is 16.8 Å². The van der Waals surface area contributed by atoms with Crippen LogP contribution in [-0.4, -0.2) is 19.0 Å². The Balaban J connectivity index is 1.52. The largest absolute Gasteiger partial charge is 0.457 e. The lowest BCUT2D eigenvalue weighted by Gasteiger charge is -2.34. The van der Waals surface area contributed by atoms with Crippen LogP contribution in [0.5, 0.6) is 11.5 Å². The molecule has 1 heterocycles. The number of carbonyl (C=O) groups excluding carboxylic acids is 1. The van der Waals surface area contributed by atoms with E-state index in [9.17, 15) is 4.79 Å². The van der Waals surface area contributed by atoms with E-state index in [1.54, 1.807) is 0 Å². The standard InChI is InChI=1S/C41H42ClN3O2/c1-4-6-23-45(24-7-5-2)31-26-33(29-16-9-8-10-17-29)39-38(27-31)47-37-22-21-30(43-36-20-14-13-19-35(36)42)25-34(37)40(39)44-41(46)32-18-12-11-15-28(32)3/h8-22,25-27,40,43H,4-7,23-24H2,1-3H3,(H,44,46). The van der Waals surface area contributed by atoms with E-state index in [1.807, 2.05) is 73.7 Å². The first-order valence-corrected chi connectivity index (χ1v) is 17.0. The van der Waals surface area contributed by atoms with E-state index in [0.717, 1.165) is 89.4 Å². The molecule has 240 valence electrons. The van der Waals surface area contributed by atoms with Crippen LogP contribution in [0.3, 0.4) is 0 Å². The molecule has 1 aliphatic heterocycles. The van der Waals surface area contributed by atoms with Crippen molar-refractivity contribution in [2.24, 2.45) is 0 Å². The highest BCUT2D eigenvalue weighted by atomic mass is 35.5. The van der Waals surface area contributed by atoms with Crippen LogP contribution in [0.1, 0.15) is 72.6 Å². The van der Waals surface area contributed by atoms with Gasteiger partial charge in [0.15, 0.2) is 0 Å². The Bertz CT molecular complexity index is 1850. The predicted octanol–water partition coefficient (Wildman–Crippen LogP) is 11.1. The molecule has 5 nitrogen and oxygen atoms in total. The molecule has 0 spiro atoms. The van der Waals surface area contributed by atoms with Crippen LogP contribution in [0.25, 0.3) is 11.1 Å². The minimum atomic E-state index is -0.474. The summed E-state index contributed by atoms with van der Waals surface area (Å²) >= 11 is 6.51. The number of anilines is 3. The van der Waals surface area contributed by atoms with E-state index >= 15 is 0 Å². The number of nitrogens with zero attached hydrogens (tertiary/aromatic N) is 1. The molecule has 5 aromatic rings. The lowest BCUT2D eigenvalue weighted by atomic mass is 9.86. The minimum Gasteiger partial charge on any atom is -0.457 e. The Kier molecular flexibility index (Phi) is 10.1. The number of hydrogen-bond acceptors (Lipinski definition) is 4. The SMILES string of the molecule is CCCCN(CCCC)c1cc2c(c(-c3ccccc3)c1)C(NC(=O)c1ccccc1C)c1cc(Nc3ccccc3Cl)ccc1O2. The van der Waals surface area contributed by atoms with Crippen molar-refractivity contribution in [3.8, 4) is 22.6 Å². The molecule has 5 aromatic carbocycles. The van der Waals surface area contributed by atoms with Crippen LogP contribution in [0, 0.1) is 6.92 Å². The second kappa shape index (κ2) is 14.8. The highest BCUT2D eigenvalue weighted by Gasteiger charge is 2.33. The van der Waals surface area contributed by atoms with Crippen molar-refractivity contribution in [2.45, 2.75) is 52.5 Å². The molecule has 6 heteroatoms. The second-order valence-corrected chi connectivity index (χ2v) is 12.6. The number of carbonyl (C=O) groups is 1. The average Bonchev–Trinajstić information content (AvgIpc) is 3.09. The number of fused-ring (bicyclic) bond motifs is 2. The Hall–Kier alpha value is -4.74. The Labute approximate surface area is 283 Å². The van der Waals surface area contributed by atoms with Crippen molar-refractivity contribution >= 4 is 34.6 Å². The van der Waals surface area contributed by atoms with Crippen LogP contribution in [0.4, 0.5) is 17.1 Å². The molecular formula is C41H42ClN3O2. The van der Waals surface area contributed by atoms with E-state index in [4.69, 9.17) is 16.3 Å². The number of aryl methyl sites for hydroxylation is 1. The zero-order chi connectivity index (χ0) is 32.8. The topological polar surface area (TPSA) is 53.6 Å². The Morgan fingerprint density at radius 3 is 2.23 bits per heavy atom. The van der Waals surface area contributed by atoms with Gasteiger partial charge in [-0.2, -0.15) is 0 Å². The summed E-state index contributed by atoms with van der Waals surface area (Å²) < 4.78 is 6.78. The van der Waals surface area contributed by atoms with Crippen LogP contribution in [-0.2, 0) is 0 Å². The first-order chi connectivity index (χ1) is 23.0. The number of hydrogen-bond donors (Lipinski definition) is 2. The number of halogens is 1. The van der Waals surface area contributed by atoms with Gasteiger partial charge in [0.1, 0.15) is 11.5 Å². The van der Waals surface area contributed by atoms with Crippen molar-refractivity contribution in [2.75, 3.05) is 23.3 Å². The van der Waals surface area contributed by atoms with Gasteiger partial charge in [-0.25, -0.2) is 0 Å². The van der Waals surface area contributed by atoms with Gasteiger partial charge in [-0.1, -0.05) is 99.0 Å². The summed E-state index contributed by atoms with van der Waals surface area (Å²) in [6.07, 6.45) is 4.48. The van der Waals surface area contributed by atoms with Gasteiger partial charge in [-0.15, -0.1) is 0 Å². The molecule has 1 atom stereocenters. The molecule has 0 aliphatic carbocycles. The molecule has 2 N–H and O–H groups in total. The summed E-state index contributed by atoms with van der Waals surface area (Å²) in [5, 5.41) is 7.53. The Morgan fingerprint density at radius 1 is 0.809 bits per heavy atom. The number of nitrogens with one attached hydrogen (secondary N) is 2. The normalized spacial score (nSPS) is 13.2. The third kappa shape index (κ3) is 7.16. The van der Waals surface area contributed by atoms with E-state index in [0.29, 0.717) is 16.3 Å². The smallest absolute Gasteiger partial charge is 0.252 e. The molecule has 1 unspecified atom stereocenters. The van der Waals surface area contributed by atoms with Crippen LogP contribution in [0.15, 0.2) is 109 Å². The fraction of sp³-hybridized carbons (Fsp3) is 0.244. The van der Waals surface area contributed by atoms with Gasteiger partial charge in [-0.05, 0) is 78.9 Å². The fourth-order valence-electron chi connectivity index (χ4n) is 6.22. The molecule has 0 saturated carbocycles. The molecule has 0 aromatic heterocycles. The maximum absolute atomic E-state index is 14.0. The molecule has 1 aliphatic rings. The highest BCUT2D eigenvalue weighted by molar-refractivity contribution is 6.33. The van der Waals surface area contributed by atoms with Crippen molar-refractivity contribution in [1.29, 1.82) is 0 Å². The third-order valence-corrected chi connectivity index (χ3v) is 9.12. The van der Waals surface area contributed by atoms with Crippen molar-refractivity contribution in [1.82, 2.24) is 5.32 Å². The zero-order valence-electron chi connectivity index (χ0n) is 27.4. The summed E-state index contributed by atoms with van der Waals surface area (Å²) in [7, 11) is 0. The molecule has 47 heavy (non-hydrogen) atoms. The zero-order valence-corrected chi connectivity index (χ0v) is 28.1. The summed E-state index contributed by atoms with van der Waals surface area (Å²) in [4.78, 5) is 16.5. The number of rotatable bonds is 12. The summed E-state index contributed by atoms with van der Waals surface area (Å²) in [6.45, 7) is 8.39. The number of amides is 1. The van der Waals surface area contributed by atoms with Gasteiger partial charge in [0, 0.05) is 47.2 Å². The minimum absolute atomic E-state index is 0.132. The molecule has 0 radical (unpaired) electrons. The monoisotopic (exact) mass is 643 g/mol. The quantitative estimate of drug-likeness (QED) is 0.142. The van der Waals surface area contributed by atoms with E-state index in [1.165, 1.54) is 0 Å². The van der Waals surface area contributed by atoms with Crippen LogP contribution in [0.2, 0.25) is 5.02 Å². The van der Waals surface area contributed by atoms with E-state index in [-0.39, 0.29) is 5.91 Å². The molecule has 0 bridgehead atoms. The summed E-state index contributed by atoms with van der Waals surface area (Å²) in [5.41, 5.74) is 8.29. The molecular weight excluding hydrogens is 602 g/mol. The molecule has 1 amide bonds. The maximum atomic E-state index is 14.0. The van der Waals surface area contributed by atoms with Gasteiger partial charge < -0.3 is 20.3 Å². The highest BCUT2D eigenvalue weighted by Crippen LogP contribution is 2.50. The van der Waals surface area contributed by atoms with E-state index < -0.39 is 6.04 Å². The third-order valence-electron chi connectivity index (χ3n) is 8.79. The number of benzene rings is 5. The molecule has 0 saturated heterocycles.